The lowest BCUT2D eigenvalue weighted by atomic mass is 10.1. The van der Waals surface area contributed by atoms with Crippen LogP contribution in [0.15, 0.2) is 54.6 Å². The van der Waals surface area contributed by atoms with Gasteiger partial charge in [0.1, 0.15) is 11.6 Å². The summed E-state index contributed by atoms with van der Waals surface area (Å²) in [7, 11) is 1.64. The first-order valence-corrected chi connectivity index (χ1v) is 12.4. The molecular formula is C28H32N6O2. The fraction of sp³-hybridized carbons (Fsp3) is 0.357. The van der Waals surface area contributed by atoms with E-state index in [0.717, 1.165) is 54.3 Å². The van der Waals surface area contributed by atoms with E-state index in [1.54, 1.807) is 19.2 Å². The molecule has 3 aromatic rings. The second kappa shape index (κ2) is 12.0. The van der Waals surface area contributed by atoms with Gasteiger partial charge in [0.05, 0.1) is 18.7 Å². The van der Waals surface area contributed by atoms with E-state index in [9.17, 15) is 10.1 Å². The highest BCUT2D eigenvalue weighted by molar-refractivity contribution is 5.76. The Bertz CT molecular complexity index is 1220. The Kier molecular flexibility index (Phi) is 8.35. The molecule has 8 nitrogen and oxygen atoms in total. The molecule has 1 atom stereocenters. The highest BCUT2D eigenvalue weighted by atomic mass is 16.5. The van der Waals surface area contributed by atoms with E-state index in [-0.39, 0.29) is 11.9 Å². The molecule has 0 aliphatic carbocycles. The molecule has 0 saturated carbocycles. The Morgan fingerprint density at radius 2 is 2.00 bits per heavy atom. The molecule has 1 aliphatic rings. The summed E-state index contributed by atoms with van der Waals surface area (Å²) in [5, 5.41) is 15.6. The molecule has 2 heterocycles. The van der Waals surface area contributed by atoms with Crippen molar-refractivity contribution in [3.05, 3.63) is 71.4 Å². The molecule has 1 aliphatic heterocycles. The SMILES string of the molecule is CCCc1cc(N2CC[C@H](NC(=O)CCc3ccc(OC)cc3)C2)nc(Nc2cccc(C#N)c2)n1. The van der Waals surface area contributed by atoms with E-state index < -0.39 is 0 Å². The predicted molar refractivity (Wildman–Crippen MR) is 141 cm³/mol. The summed E-state index contributed by atoms with van der Waals surface area (Å²) in [6.07, 6.45) is 3.84. The number of nitrogens with zero attached hydrogens (tertiary/aromatic N) is 4. The van der Waals surface area contributed by atoms with Crippen LogP contribution in [0.4, 0.5) is 17.5 Å². The van der Waals surface area contributed by atoms with Gasteiger partial charge < -0.3 is 20.3 Å². The van der Waals surface area contributed by atoms with Crippen molar-refractivity contribution in [3.8, 4) is 11.8 Å². The molecule has 0 radical (unpaired) electrons. The Balaban J connectivity index is 1.37. The number of nitrogens with one attached hydrogen (secondary N) is 2. The number of carbonyl (C=O) groups is 1. The number of carbonyl (C=O) groups excluding carboxylic acids is 1. The first-order chi connectivity index (χ1) is 17.6. The number of ether oxygens (including phenoxy) is 1. The number of hydrogen-bond donors (Lipinski definition) is 2. The molecular weight excluding hydrogens is 452 g/mol. The number of benzene rings is 2. The van der Waals surface area contributed by atoms with E-state index in [2.05, 4.69) is 33.5 Å². The van der Waals surface area contributed by atoms with Crippen LogP contribution >= 0.6 is 0 Å². The Morgan fingerprint density at radius 3 is 2.75 bits per heavy atom. The number of hydrogen-bond acceptors (Lipinski definition) is 7. The van der Waals surface area contributed by atoms with E-state index in [0.29, 0.717) is 30.9 Å². The number of nitriles is 1. The van der Waals surface area contributed by atoms with E-state index in [1.165, 1.54) is 0 Å². The van der Waals surface area contributed by atoms with Crippen molar-refractivity contribution in [1.82, 2.24) is 15.3 Å². The predicted octanol–water partition coefficient (Wildman–Crippen LogP) is 4.38. The molecule has 2 aromatic carbocycles. The molecule has 36 heavy (non-hydrogen) atoms. The zero-order valence-corrected chi connectivity index (χ0v) is 20.8. The number of amides is 1. The summed E-state index contributed by atoms with van der Waals surface area (Å²) in [6, 6.07) is 19.4. The van der Waals surface area contributed by atoms with Crippen LogP contribution in [0.25, 0.3) is 0 Å². The van der Waals surface area contributed by atoms with Crippen LogP contribution in [0.3, 0.4) is 0 Å². The van der Waals surface area contributed by atoms with E-state index >= 15 is 0 Å². The second-order valence-electron chi connectivity index (χ2n) is 8.96. The second-order valence-corrected chi connectivity index (χ2v) is 8.96. The van der Waals surface area contributed by atoms with Gasteiger partial charge in [0.15, 0.2) is 0 Å². The molecule has 0 unspecified atom stereocenters. The van der Waals surface area contributed by atoms with Crippen molar-refractivity contribution >= 4 is 23.4 Å². The van der Waals surface area contributed by atoms with Crippen molar-refractivity contribution in [2.45, 2.75) is 45.1 Å². The fourth-order valence-corrected chi connectivity index (χ4v) is 4.32. The fourth-order valence-electron chi connectivity index (χ4n) is 4.32. The van der Waals surface area contributed by atoms with Crippen LogP contribution in [0.2, 0.25) is 0 Å². The number of anilines is 3. The quantitative estimate of drug-likeness (QED) is 0.440. The highest BCUT2D eigenvalue weighted by Crippen LogP contribution is 2.23. The first-order valence-electron chi connectivity index (χ1n) is 12.4. The normalized spacial score (nSPS) is 14.8. The van der Waals surface area contributed by atoms with Crippen molar-refractivity contribution in [2.75, 3.05) is 30.4 Å². The van der Waals surface area contributed by atoms with Gasteiger partial charge >= 0.3 is 0 Å². The van der Waals surface area contributed by atoms with Gasteiger partial charge in [0.25, 0.3) is 0 Å². The van der Waals surface area contributed by atoms with Crippen molar-refractivity contribution in [2.24, 2.45) is 0 Å². The number of aryl methyl sites for hydroxylation is 2. The third kappa shape index (κ3) is 6.72. The van der Waals surface area contributed by atoms with Gasteiger partial charge in [0.2, 0.25) is 11.9 Å². The van der Waals surface area contributed by atoms with Crippen LogP contribution in [0.1, 0.15) is 43.0 Å². The molecule has 0 bridgehead atoms. The summed E-state index contributed by atoms with van der Waals surface area (Å²) in [6.45, 7) is 3.65. The largest absolute Gasteiger partial charge is 0.497 e. The van der Waals surface area contributed by atoms with Crippen LogP contribution in [0, 0.1) is 11.3 Å². The minimum absolute atomic E-state index is 0.0618. The lowest BCUT2D eigenvalue weighted by Gasteiger charge is -2.20. The maximum absolute atomic E-state index is 12.6. The Hall–Kier alpha value is -4.12. The number of rotatable bonds is 10. The average Bonchev–Trinajstić information content (AvgIpc) is 3.36. The molecule has 0 spiro atoms. The van der Waals surface area contributed by atoms with Gasteiger partial charge in [-0.2, -0.15) is 10.2 Å². The van der Waals surface area contributed by atoms with E-state index in [1.807, 2.05) is 42.5 Å². The maximum Gasteiger partial charge on any atom is 0.229 e. The Morgan fingerprint density at radius 1 is 1.17 bits per heavy atom. The summed E-state index contributed by atoms with van der Waals surface area (Å²) in [5.41, 5.74) is 3.43. The molecule has 4 rings (SSSR count). The number of aromatic nitrogens is 2. The molecule has 1 amide bonds. The molecule has 186 valence electrons. The van der Waals surface area contributed by atoms with Crippen molar-refractivity contribution < 1.29 is 9.53 Å². The molecule has 8 heteroatoms. The summed E-state index contributed by atoms with van der Waals surface area (Å²) in [5.74, 6) is 2.24. The molecule has 1 saturated heterocycles. The Labute approximate surface area is 212 Å². The van der Waals surface area contributed by atoms with Crippen molar-refractivity contribution in [3.63, 3.8) is 0 Å². The van der Waals surface area contributed by atoms with Gasteiger partial charge in [-0.1, -0.05) is 31.5 Å². The van der Waals surface area contributed by atoms with Crippen LogP contribution in [0.5, 0.6) is 5.75 Å². The molecule has 1 fully saturated rings. The zero-order valence-electron chi connectivity index (χ0n) is 20.8. The van der Waals surface area contributed by atoms with Crippen molar-refractivity contribution in [1.29, 1.82) is 5.26 Å². The molecule has 2 N–H and O–H groups in total. The lowest BCUT2D eigenvalue weighted by molar-refractivity contribution is -0.121. The van der Waals surface area contributed by atoms with Gasteiger partial charge in [-0.3, -0.25) is 4.79 Å². The summed E-state index contributed by atoms with van der Waals surface area (Å²) >= 11 is 0. The van der Waals surface area contributed by atoms with Gasteiger partial charge in [-0.05, 0) is 55.2 Å². The number of methoxy groups -OCH3 is 1. The lowest BCUT2D eigenvalue weighted by Crippen LogP contribution is -2.37. The monoisotopic (exact) mass is 484 g/mol. The van der Waals surface area contributed by atoms with Crippen LogP contribution in [-0.2, 0) is 17.6 Å². The summed E-state index contributed by atoms with van der Waals surface area (Å²) in [4.78, 5) is 24.2. The standard InChI is InChI=1S/C28H32N6O2/c1-3-5-22-17-26(33-28(31-22)32-23-7-4-6-21(16-23)18-29)34-15-14-24(19-34)30-27(35)13-10-20-8-11-25(36-2)12-9-20/h4,6-9,11-12,16-17,24H,3,5,10,13-15,19H2,1-2H3,(H,30,35)(H,31,32,33)/t24-/m0/s1. The first kappa shape index (κ1) is 25.0. The smallest absolute Gasteiger partial charge is 0.229 e. The highest BCUT2D eigenvalue weighted by Gasteiger charge is 2.25. The summed E-state index contributed by atoms with van der Waals surface area (Å²) < 4.78 is 5.19. The minimum atomic E-state index is 0.0618. The maximum atomic E-state index is 12.6. The van der Waals surface area contributed by atoms with Crippen LogP contribution < -0.4 is 20.3 Å². The van der Waals surface area contributed by atoms with Crippen LogP contribution in [-0.4, -0.2) is 42.1 Å². The third-order valence-electron chi connectivity index (χ3n) is 6.20. The molecule has 1 aromatic heterocycles. The average molecular weight is 485 g/mol. The van der Waals surface area contributed by atoms with E-state index in [4.69, 9.17) is 9.72 Å². The van der Waals surface area contributed by atoms with Gasteiger partial charge in [0, 0.05) is 43.0 Å². The topological polar surface area (TPSA) is 103 Å². The van der Waals surface area contributed by atoms with Gasteiger partial charge in [-0.25, -0.2) is 4.98 Å². The zero-order chi connectivity index (χ0) is 25.3. The van der Waals surface area contributed by atoms with Gasteiger partial charge in [-0.15, -0.1) is 0 Å². The third-order valence-corrected chi connectivity index (χ3v) is 6.20. The minimum Gasteiger partial charge on any atom is -0.497 e.